The molecule has 0 unspecified atom stereocenters. The van der Waals surface area contributed by atoms with E-state index in [1.54, 1.807) is 22.7 Å². The van der Waals surface area contributed by atoms with E-state index in [9.17, 15) is 9.18 Å². The van der Waals surface area contributed by atoms with Gasteiger partial charge in [0.15, 0.2) is 0 Å². The zero-order valence-corrected chi connectivity index (χ0v) is 12.4. The van der Waals surface area contributed by atoms with Crippen molar-refractivity contribution in [3.05, 3.63) is 71.9 Å². The van der Waals surface area contributed by atoms with Gasteiger partial charge < -0.3 is 9.72 Å². The van der Waals surface area contributed by atoms with Gasteiger partial charge in [0.05, 0.1) is 5.54 Å². The number of imidazole rings is 1. The van der Waals surface area contributed by atoms with Crippen LogP contribution in [0, 0.1) is 5.82 Å². The lowest BCUT2D eigenvalue weighted by Crippen LogP contribution is -2.41. The van der Waals surface area contributed by atoms with Crippen molar-refractivity contribution in [2.24, 2.45) is 0 Å². The first-order valence-corrected chi connectivity index (χ1v) is 6.98. The van der Waals surface area contributed by atoms with Crippen LogP contribution in [-0.2, 0) is 5.54 Å². The molecule has 22 heavy (non-hydrogen) atoms. The van der Waals surface area contributed by atoms with Crippen molar-refractivity contribution in [3.63, 3.8) is 0 Å². The number of benzene rings is 1. The van der Waals surface area contributed by atoms with Gasteiger partial charge in [-0.05, 0) is 43.7 Å². The lowest BCUT2D eigenvalue weighted by atomic mass is 9.94. The Bertz CT molecular complexity index is 806. The fourth-order valence-corrected chi connectivity index (χ4v) is 2.34. The average molecular weight is 297 g/mol. The zero-order valence-electron chi connectivity index (χ0n) is 12.4. The molecule has 3 aromatic rings. The van der Waals surface area contributed by atoms with E-state index in [2.05, 4.69) is 10.3 Å². The van der Waals surface area contributed by atoms with Crippen LogP contribution in [-0.4, -0.2) is 15.3 Å². The van der Waals surface area contributed by atoms with Crippen LogP contribution in [0.25, 0.3) is 5.65 Å². The number of fused-ring (bicyclic) bond motifs is 1. The minimum absolute atomic E-state index is 0.294. The normalized spacial score (nSPS) is 11.6. The molecule has 4 nitrogen and oxygen atoms in total. The summed E-state index contributed by atoms with van der Waals surface area (Å²) in [5.41, 5.74) is 1.03. The molecule has 0 bridgehead atoms. The summed E-state index contributed by atoms with van der Waals surface area (Å²) in [5.74, 6) is -0.620. The van der Waals surface area contributed by atoms with Gasteiger partial charge in [-0.25, -0.2) is 9.37 Å². The monoisotopic (exact) mass is 297 g/mol. The number of hydrogen-bond donors (Lipinski definition) is 1. The number of pyridine rings is 1. The van der Waals surface area contributed by atoms with Crippen LogP contribution < -0.4 is 5.32 Å². The number of nitrogens with one attached hydrogen (secondary N) is 1. The van der Waals surface area contributed by atoms with Gasteiger partial charge in [-0.2, -0.15) is 0 Å². The van der Waals surface area contributed by atoms with Crippen molar-refractivity contribution in [1.29, 1.82) is 0 Å². The smallest absolute Gasteiger partial charge is 0.272 e. The molecule has 1 aromatic carbocycles. The number of hydrogen-bond acceptors (Lipinski definition) is 2. The summed E-state index contributed by atoms with van der Waals surface area (Å²) in [4.78, 5) is 16.7. The summed E-state index contributed by atoms with van der Waals surface area (Å²) >= 11 is 0. The molecule has 0 aliphatic carbocycles. The highest BCUT2D eigenvalue weighted by Crippen LogP contribution is 2.21. The number of aromatic nitrogens is 2. The van der Waals surface area contributed by atoms with Gasteiger partial charge >= 0.3 is 0 Å². The molecule has 0 atom stereocenters. The summed E-state index contributed by atoms with van der Waals surface area (Å²) in [7, 11) is 0. The van der Waals surface area contributed by atoms with Crippen molar-refractivity contribution in [1.82, 2.24) is 14.7 Å². The van der Waals surface area contributed by atoms with E-state index < -0.39 is 5.54 Å². The number of carbonyl (C=O) groups excluding carboxylic acids is 1. The molecule has 2 aromatic heterocycles. The predicted octanol–water partition coefficient (Wildman–Crippen LogP) is 3.14. The second-order valence-corrected chi connectivity index (χ2v) is 5.68. The van der Waals surface area contributed by atoms with E-state index in [0.717, 1.165) is 0 Å². The molecule has 0 fully saturated rings. The fraction of sp³-hybridized carbons (Fsp3) is 0.176. The standard InChI is InChI=1S/C17H16FN3O/c1-17(2,12-6-5-7-13(18)10-12)20-16(22)14-11-21-9-4-3-8-15(21)19-14/h3-11H,1-2H3,(H,20,22). The minimum Gasteiger partial charge on any atom is -0.342 e. The lowest BCUT2D eigenvalue weighted by Gasteiger charge is -2.26. The average Bonchev–Trinajstić information content (AvgIpc) is 2.91. The van der Waals surface area contributed by atoms with Crippen molar-refractivity contribution >= 4 is 11.6 Å². The van der Waals surface area contributed by atoms with Gasteiger partial charge in [0.25, 0.3) is 5.91 Å². The number of nitrogens with zero attached hydrogens (tertiary/aromatic N) is 2. The Kier molecular flexibility index (Phi) is 3.41. The molecule has 0 spiro atoms. The SMILES string of the molecule is CC(C)(NC(=O)c1cn2ccccc2n1)c1cccc(F)c1. The van der Waals surface area contributed by atoms with Gasteiger partial charge in [0.1, 0.15) is 17.2 Å². The second-order valence-electron chi connectivity index (χ2n) is 5.68. The molecule has 112 valence electrons. The van der Waals surface area contributed by atoms with Crippen molar-refractivity contribution in [3.8, 4) is 0 Å². The second kappa shape index (κ2) is 5.26. The molecule has 1 amide bonds. The van der Waals surface area contributed by atoms with E-state index >= 15 is 0 Å². The molecule has 2 heterocycles. The third-order valence-electron chi connectivity index (χ3n) is 3.57. The molecule has 0 radical (unpaired) electrons. The maximum absolute atomic E-state index is 13.4. The Morgan fingerprint density at radius 1 is 1.23 bits per heavy atom. The number of halogens is 1. The molecule has 0 saturated heterocycles. The molecule has 3 rings (SSSR count). The number of carbonyl (C=O) groups is 1. The van der Waals surface area contributed by atoms with E-state index in [-0.39, 0.29) is 11.7 Å². The van der Waals surface area contributed by atoms with Gasteiger partial charge in [-0.3, -0.25) is 4.79 Å². The molecule has 0 aliphatic rings. The van der Waals surface area contributed by atoms with Crippen LogP contribution >= 0.6 is 0 Å². The Morgan fingerprint density at radius 2 is 2.05 bits per heavy atom. The van der Waals surface area contributed by atoms with E-state index in [1.165, 1.54) is 12.1 Å². The molecule has 5 heteroatoms. The van der Waals surface area contributed by atoms with Crippen molar-refractivity contribution in [2.75, 3.05) is 0 Å². The first-order chi connectivity index (χ1) is 10.5. The highest BCUT2D eigenvalue weighted by Gasteiger charge is 2.25. The summed E-state index contributed by atoms with van der Waals surface area (Å²) in [5, 5.41) is 2.90. The molecule has 0 saturated carbocycles. The lowest BCUT2D eigenvalue weighted by molar-refractivity contribution is 0.0907. The maximum Gasteiger partial charge on any atom is 0.272 e. The Morgan fingerprint density at radius 3 is 2.77 bits per heavy atom. The van der Waals surface area contributed by atoms with Crippen LogP contribution in [0.2, 0.25) is 0 Å². The van der Waals surface area contributed by atoms with Gasteiger partial charge in [0, 0.05) is 12.4 Å². The summed E-state index contributed by atoms with van der Waals surface area (Å²) in [6.07, 6.45) is 3.50. The van der Waals surface area contributed by atoms with Gasteiger partial charge in [-0.1, -0.05) is 18.2 Å². The zero-order chi connectivity index (χ0) is 15.7. The Labute approximate surface area is 127 Å². The maximum atomic E-state index is 13.4. The Hall–Kier alpha value is -2.69. The third-order valence-corrected chi connectivity index (χ3v) is 3.57. The third kappa shape index (κ3) is 2.70. The number of rotatable bonds is 3. The highest BCUT2D eigenvalue weighted by molar-refractivity contribution is 5.93. The minimum atomic E-state index is -0.699. The topological polar surface area (TPSA) is 46.4 Å². The van der Waals surface area contributed by atoms with Gasteiger partial charge in [0.2, 0.25) is 0 Å². The van der Waals surface area contributed by atoms with Crippen LogP contribution in [0.3, 0.4) is 0 Å². The first kappa shape index (κ1) is 14.3. The van der Waals surface area contributed by atoms with Crippen LogP contribution in [0.4, 0.5) is 4.39 Å². The van der Waals surface area contributed by atoms with Crippen LogP contribution in [0.15, 0.2) is 54.9 Å². The van der Waals surface area contributed by atoms with Crippen LogP contribution in [0.1, 0.15) is 29.9 Å². The molecular weight excluding hydrogens is 281 g/mol. The van der Waals surface area contributed by atoms with E-state index in [1.807, 2.05) is 38.2 Å². The predicted molar refractivity (Wildman–Crippen MR) is 82.1 cm³/mol. The summed E-state index contributed by atoms with van der Waals surface area (Å²) in [6, 6.07) is 11.8. The van der Waals surface area contributed by atoms with Crippen molar-refractivity contribution in [2.45, 2.75) is 19.4 Å². The fourth-order valence-electron chi connectivity index (χ4n) is 2.34. The molecule has 1 N–H and O–H groups in total. The number of amides is 1. The molecular formula is C17H16FN3O. The van der Waals surface area contributed by atoms with Crippen LogP contribution in [0.5, 0.6) is 0 Å². The van der Waals surface area contributed by atoms with E-state index in [4.69, 9.17) is 0 Å². The van der Waals surface area contributed by atoms with Crippen molar-refractivity contribution < 1.29 is 9.18 Å². The highest BCUT2D eigenvalue weighted by atomic mass is 19.1. The quantitative estimate of drug-likeness (QED) is 0.807. The summed E-state index contributed by atoms with van der Waals surface area (Å²) < 4.78 is 15.2. The first-order valence-electron chi connectivity index (χ1n) is 6.98. The Balaban J connectivity index is 1.86. The van der Waals surface area contributed by atoms with Gasteiger partial charge in [-0.15, -0.1) is 0 Å². The van der Waals surface area contributed by atoms with E-state index in [0.29, 0.717) is 16.9 Å². The largest absolute Gasteiger partial charge is 0.342 e. The molecule has 0 aliphatic heterocycles. The summed E-state index contributed by atoms with van der Waals surface area (Å²) in [6.45, 7) is 3.66.